The molecule has 1 rings (SSSR count). The van der Waals surface area contributed by atoms with E-state index in [-0.39, 0.29) is 11.4 Å². The minimum atomic E-state index is -0.220. The van der Waals surface area contributed by atoms with Crippen molar-refractivity contribution in [1.29, 1.82) is 0 Å². The quantitative estimate of drug-likeness (QED) is 0.653. The number of hydrogen-bond donors (Lipinski definition) is 1. The lowest BCUT2D eigenvalue weighted by Crippen LogP contribution is -2.10. The first-order chi connectivity index (χ1) is 4.75. The van der Waals surface area contributed by atoms with Crippen molar-refractivity contribution in [3.8, 4) is 0 Å². The Morgan fingerprint density at radius 3 is 2.70 bits per heavy atom. The molecule has 0 fully saturated rings. The molecule has 1 heterocycles. The normalized spacial score (nSPS) is 9.80. The van der Waals surface area contributed by atoms with Gasteiger partial charge in [0.15, 0.2) is 0 Å². The third kappa shape index (κ3) is 1.33. The first kappa shape index (κ1) is 7.63. The summed E-state index contributed by atoms with van der Waals surface area (Å²) in [4.78, 5) is 13.3. The topological polar surface area (TPSA) is 32.9 Å². The van der Waals surface area contributed by atoms with E-state index >= 15 is 0 Å². The maximum atomic E-state index is 10.8. The highest BCUT2D eigenvalue weighted by atomic mass is 35.5. The summed E-state index contributed by atoms with van der Waals surface area (Å²) in [5.74, 6) is 0.148. The molecule has 10 heavy (non-hydrogen) atoms. The van der Waals surface area contributed by atoms with Crippen LogP contribution in [0.4, 0.5) is 0 Å². The second-order valence-corrected chi connectivity index (χ2v) is 2.44. The number of hydrogen-bond acceptors (Lipinski definition) is 1. The summed E-state index contributed by atoms with van der Waals surface area (Å²) in [6.07, 6.45) is 1.49. The fraction of sp³-hybridized carbons (Fsp3) is 0.167. The highest BCUT2D eigenvalue weighted by Gasteiger charge is 2.00. The molecule has 4 heteroatoms. The Kier molecular flexibility index (Phi) is 2.35. The highest BCUT2D eigenvalue weighted by molar-refractivity contribution is 6.32. The fourth-order valence-electron chi connectivity index (χ4n) is 0.611. The molecule has 0 amide bonds. The van der Waals surface area contributed by atoms with Crippen LogP contribution in [0.25, 0.3) is 0 Å². The van der Waals surface area contributed by atoms with E-state index in [0.717, 1.165) is 0 Å². The van der Waals surface area contributed by atoms with E-state index in [2.05, 4.69) is 4.98 Å². The zero-order chi connectivity index (χ0) is 7.56. The maximum absolute atomic E-state index is 10.8. The maximum Gasteiger partial charge on any atom is 0.253 e. The number of aromatic nitrogens is 1. The van der Waals surface area contributed by atoms with Crippen molar-refractivity contribution in [1.82, 2.24) is 4.98 Å². The third-order valence-corrected chi connectivity index (χ3v) is 1.76. The van der Waals surface area contributed by atoms with Crippen LogP contribution >= 0.6 is 23.2 Å². The van der Waals surface area contributed by atoms with E-state index in [0.29, 0.717) is 10.6 Å². The minimum absolute atomic E-state index is 0.148. The molecular formula is C6H5Cl2NO. The summed E-state index contributed by atoms with van der Waals surface area (Å²) in [5.41, 5.74) is 0.202. The van der Waals surface area contributed by atoms with Crippen molar-refractivity contribution in [2.45, 2.75) is 5.88 Å². The molecule has 0 bridgehead atoms. The van der Waals surface area contributed by atoms with Crippen LogP contribution < -0.4 is 5.56 Å². The first-order valence-electron chi connectivity index (χ1n) is 2.67. The highest BCUT2D eigenvalue weighted by Crippen LogP contribution is 2.11. The molecule has 54 valence electrons. The van der Waals surface area contributed by atoms with Crippen LogP contribution in [-0.2, 0) is 5.88 Å². The van der Waals surface area contributed by atoms with Crippen LogP contribution in [-0.4, -0.2) is 4.98 Å². The van der Waals surface area contributed by atoms with Crippen molar-refractivity contribution >= 4 is 23.2 Å². The van der Waals surface area contributed by atoms with Crippen LogP contribution in [0.2, 0.25) is 5.02 Å². The second kappa shape index (κ2) is 3.08. The standard InChI is InChI=1S/C6H5Cl2NO/c7-3-4-5(8)1-2-9-6(4)10/h1-2H,3H2,(H,9,10). The van der Waals surface area contributed by atoms with E-state index < -0.39 is 0 Å². The van der Waals surface area contributed by atoms with Crippen LogP contribution in [0.1, 0.15) is 5.56 Å². The SMILES string of the molecule is O=c1[nH]ccc(Cl)c1CCl. The Hall–Kier alpha value is -0.470. The Bertz CT molecular complexity index is 281. The Morgan fingerprint density at radius 2 is 2.30 bits per heavy atom. The summed E-state index contributed by atoms with van der Waals surface area (Å²) in [5, 5.41) is 0.416. The zero-order valence-electron chi connectivity index (χ0n) is 5.03. The lowest BCUT2D eigenvalue weighted by Gasteiger charge is -1.94. The fourth-order valence-corrected chi connectivity index (χ4v) is 1.16. The van der Waals surface area contributed by atoms with Gasteiger partial charge in [0.25, 0.3) is 5.56 Å². The molecule has 0 spiro atoms. The van der Waals surface area contributed by atoms with E-state index in [1.807, 2.05) is 0 Å². The number of aromatic amines is 1. The van der Waals surface area contributed by atoms with Crippen molar-refractivity contribution in [3.63, 3.8) is 0 Å². The number of halogens is 2. The molecular weight excluding hydrogens is 173 g/mol. The lowest BCUT2D eigenvalue weighted by molar-refractivity contribution is 1.16. The van der Waals surface area contributed by atoms with Gasteiger partial charge in [-0.2, -0.15) is 0 Å². The van der Waals surface area contributed by atoms with Gasteiger partial charge in [0.1, 0.15) is 0 Å². The summed E-state index contributed by atoms with van der Waals surface area (Å²) >= 11 is 11.1. The van der Waals surface area contributed by atoms with Gasteiger partial charge in [-0.3, -0.25) is 4.79 Å². The second-order valence-electron chi connectivity index (χ2n) is 1.77. The first-order valence-corrected chi connectivity index (χ1v) is 3.59. The average Bonchev–Trinajstić information content (AvgIpc) is 1.88. The van der Waals surface area contributed by atoms with Crippen LogP contribution in [0.5, 0.6) is 0 Å². The Morgan fingerprint density at radius 1 is 1.60 bits per heavy atom. The molecule has 0 aliphatic carbocycles. The van der Waals surface area contributed by atoms with Gasteiger partial charge in [-0.1, -0.05) is 11.6 Å². The number of pyridine rings is 1. The predicted molar refractivity (Wildman–Crippen MR) is 41.6 cm³/mol. The van der Waals surface area contributed by atoms with Gasteiger partial charge in [-0.25, -0.2) is 0 Å². The van der Waals surface area contributed by atoms with E-state index in [4.69, 9.17) is 23.2 Å². The van der Waals surface area contributed by atoms with E-state index in [1.165, 1.54) is 6.20 Å². The molecule has 2 nitrogen and oxygen atoms in total. The summed E-state index contributed by atoms with van der Waals surface area (Å²) in [7, 11) is 0. The van der Waals surface area contributed by atoms with Gasteiger partial charge >= 0.3 is 0 Å². The van der Waals surface area contributed by atoms with Gasteiger partial charge < -0.3 is 4.98 Å². The molecule has 0 saturated carbocycles. The molecule has 0 aliphatic rings. The van der Waals surface area contributed by atoms with Gasteiger partial charge in [-0.15, -0.1) is 11.6 Å². The van der Waals surface area contributed by atoms with Crippen LogP contribution in [0.15, 0.2) is 17.1 Å². The van der Waals surface area contributed by atoms with Crippen molar-refractivity contribution in [3.05, 3.63) is 33.2 Å². The number of H-pyrrole nitrogens is 1. The predicted octanol–water partition coefficient (Wildman–Crippen LogP) is 1.77. The van der Waals surface area contributed by atoms with Crippen molar-refractivity contribution < 1.29 is 0 Å². The van der Waals surface area contributed by atoms with Gasteiger partial charge in [0, 0.05) is 6.20 Å². The van der Waals surface area contributed by atoms with Gasteiger partial charge in [0.05, 0.1) is 16.5 Å². The molecule has 0 unspecified atom stereocenters. The molecule has 1 aromatic rings. The van der Waals surface area contributed by atoms with Gasteiger partial charge in [-0.05, 0) is 6.07 Å². The lowest BCUT2D eigenvalue weighted by atomic mass is 10.3. The summed E-state index contributed by atoms with van der Waals surface area (Å²) in [6, 6.07) is 1.60. The smallest absolute Gasteiger partial charge is 0.253 e. The van der Waals surface area contributed by atoms with Gasteiger partial charge in [0.2, 0.25) is 0 Å². The molecule has 0 aromatic carbocycles. The van der Waals surface area contributed by atoms with Crippen molar-refractivity contribution in [2.75, 3.05) is 0 Å². The summed E-state index contributed by atoms with van der Waals surface area (Å²) in [6.45, 7) is 0. The van der Waals surface area contributed by atoms with Crippen molar-refractivity contribution in [2.24, 2.45) is 0 Å². The minimum Gasteiger partial charge on any atom is -0.329 e. The molecule has 1 N–H and O–H groups in total. The zero-order valence-corrected chi connectivity index (χ0v) is 6.54. The molecule has 0 aliphatic heterocycles. The van der Waals surface area contributed by atoms with Crippen LogP contribution in [0, 0.1) is 0 Å². The number of rotatable bonds is 1. The largest absolute Gasteiger partial charge is 0.329 e. The molecule has 0 saturated heterocycles. The Balaban J connectivity index is 3.31. The number of alkyl halides is 1. The molecule has 0 radical (unpaired) electrons. The van der Waals surface area contributed by atoms with Crippen LogP contribution in [0.3, 0.4) is 0 Å². The van der Waals surface area contributed by atoms with E-state index in [1.54, 1.807) is 6.07 Å². The molecule has 1 aromatic heterocycles. The average molecular weight is 178 g/mol. The summed E-state index contributed by atoms with van der Waals surface area (Å²) < 4.78 is 0. The third-order valence-electron chi connectivity index (χ3n) is 1.14. The molecule has 0 atom stereocenters. The Labute approximate surface area is 67.8 Å². The van der Waals surface area contributed by atoms with E-state index in [9.17, 15) is 4.79 Å². The monoisotopic (exact) mass is 177 g/mol. The number of nitrogens with one attached hydrogen (secondary N) is 1.